The van der Waals surface area contributed by atoms with Gasteiger partial charge in [-0.25, -0.2) is 13.6 Å². The third-order valence-electron chi connectivity index (χ3n) is 4.23. The van der Waals surface area contributed by atoms with Crippen LogP contribution in [0.15, 0.2) is 30.3 Å². The van der Waals surface area contributed by atoms with Crippen molar-refractivity contribution in [3.63, 3.8) is 0 Å². The summed E-state index contributed by atoms with van der Waals surface area (Å²) in [6, 6.07) is 5.90. The molecule has 2 aliphatic rings. The first-order chi connectivity index (χ1) is 10.4. The molecule has 110 valence electrons. The zero-order chi connectivity index (χ0) is 15.6. The third kappa shape index (κ3) is 1.39. The van der Waals surface area contributed by atoms with Gasteiger partial charge in [-0.3, -0.25) is 10.1 Å². The molecule has 22 heavy (non-hydrogen) atoms. The molecule has 1 saturated heterocycles. The minimum absolute atomic E-state index is 0.319. The fourth-order valence-electron chi connectivity index (χ4n) is 3.42. The second-order valence-corrected chi connectivity index (χ2v) is 5.49. The zero-order valence-corrected chi connectivity index (χ0v) is 11.5. The summed E-state index contributed by atoms with van der Waals surface area (Å²) in [5, 5.41) is 4.70. The smallest absolute Gasteiger partial charge is 0.316 e. The molecule has 1 aliphatic carbocycles. The highest BCUT2D eigenvalue weighted by molar-refractivity contribution is 6.13. The van der Waals surface area contributed by atoms with Crippen LogP contribution in [0.1, 0.15) is 16.7 Å². The molecule has 1 spiro atoms. The van der Waals surface area contributed by atoms with Gasteiger partial charge in [0, 0.05) is 11.1 Å². The number of hydrogen-bond acceptors (Lipinski definition) is 2. The van der Waals surface area contributed by atoms with Crippen LogP contribution in [-0.2, 0) is 10.3 Å². The SMILES string of the molecule is Cc1cc(F)cc2c1-c1ccc(F)cc1C21NC(=O)NC1=O. The molecular weight excluding hydrogens is 290 g/mol. The van der Waals surface area contributed by atoms with Crippen LogP contribution in [0.5, 0.6) is 0 Å². The van der Waals surface area contributed by atoms with Gasteiger partial charge >= 0.3 is 6.03 Å². The Labute approximate surface area is 124 Å². The Morgan fingerprint density at radius 2 is 1.73 bits per heavy atom. The van der Waals surface area contributed by atoms with Gasteiger partial charge in [-0.05, 0) is 47.9 Å². The average Bonchev–Trinajstić information content (AvgIpc) is 2.87. The van der Waals surface area contributed by atoms with E-state index < -0.39 is 29.1 Å². The summed E-state index contributed by atoms with van der Waals surface area (Å²) in [7, 11) is 0. The highest BCUT2D eigenvalue weighted by atomic mass is 19.1. The molecule has 1 atom stereocenters. The lowest BCUT2D eigenvalue weighted by molar-refractivity contribution is -0.122. The minimum atomic E-state index is -1.57. The van der Waals surface area contributed by atoms with E-state index in [-0.39, 0.29) is 0 Å². The van der Waals surface area contributed by atoms with Crippen LogP contribution in [0, 0.1) is 18.6 Å². The molecular formula is C16H10F2N2O2. The molecule has 1 unspecified atom stereocenters. The molecule has 1 fully saturated rings. The molecule has 1 aliphatic heterocycles. The number of carbonyl (C=O) groups excluding carboxylic acids is 2. The van der Waals surface area contributed by atoms with E-state index in [1.165, 1.54) is 24.3 Å². The number of fused-ring (bicyclic) bond motifs is 5. The summed E-state index contributed by atoms with van der Waals surface area (Å²) in [6.07, 6.45) is 0. The van der Waals surface area contributed by atoms with Crippen LogP contribution in [0.25, 0.3) is 11.1 Å². The highest BCUT2D eigenvalue weighted by Gasteiger charge is 2.55. The van der Waals surface area contributed by atoms with E-state index in [0.29, 0.717) is 27.8 Å². The Bertz CT molecular complexity index is 879. The maximum absolute atomic E-state index is 13.9. The summed E-state index contributed by atoms with van der Waals surface area (Å²) >= 11 is 0. The monoisotopic (exact) mass is 300 g/mol. The van der Waals surface area contributed by atoms with Gasteiger partial charge in [0.25, 0.3) is 5.91 Å². The van der Waals surface area contributed by atoms with Crippen molar-refractivity contribution in [2.45, 2.75) is 12.5 Å². The molecule has 1 heterocycles. The number of rotatable bonds is 0. The van der Waals surface area contributed by atoms with E-state index in [0.717, 1.165) is 0 Å². The van der Waals surface area contributed by atoms with Crippen LogP contribution < -0.4 is 10.6 Å². The van der Waals surface area contributed by atoms with Crippen LogP contribution in [0.4, 0.5) is 13.6 Å². The Morgan fingerprint density at radius 3 is 2.41 bits per heavy atom. The molecule has 6 heteroatoms. The van der Waals surface area contributed by atoms with Gasteiger partial charge in [0.2, 0.25) is 0 Å². The van der Waals surface area contributed by atoms with Gasteiger partial charge in [0.15, 0.2) is 5.54 Å². The lowest BCUT2D eigenvalue weighted by atomic mass is 9.87. The standard InChI is InChI=1S/C16H10F2N2O2/c1-7-4-9(18)6-12-13(7)10-3-2-8(17)5-11(10)16(12)14(21)19-15(22)20-16/h2-6H,1H3,(H2,19,20,21,22). The number of benzene rings is 2. The number of nitrogens with one attached hydrogen (secondary N) is 2. The first-order valence-electron chi connectivity index (χ1n) is 6.68. The van der Waals surface area contributed by atoms with E-state index in [1.54, 1.807) is 13.0 Å². The Morgan fingerprint density at radius 1 is 1.00 bits per heavy atom. The van der Waals surface area contributed by atoms with E-state index in [1.807, 2.05) is 0 Å². The summed E-state index contributed by atoms with van der Waals surface area (Å²) < 4.78 is 27.6. The van der Waals surface area contributed by atoms with Crippen molar-refractivity contribution in [3.05, 3.63) is 58.7 Å². The molecule has 0 aromatic heterocycles. The Balaban J connectivity index is 2.16. The zero-order valence-electron chi connectivity index (χ0n) is 11.5. The topological polar surface area (TPSA) is 58.2 Å². The summed E-state index contributed by atoms with van der Waals surface area (Å²) in [4.78, 5) is 24.1. The molecule has 4 rings (SSSR count). The van der Waals surface area contributed by atoms with Crippen molar-refractivity contribution in [1.82, 2.24) is 10.6 Å². The molecule has 0 bridgehead atoms. The van der Waals surface area contributed by atoms with Crippen molar-refractivity contribution in [2.75, 3.05) is 0 Å². The van der Waals surface area contributed by atoms with Crippen molar-refractivity contribution < 1.29 is 18.4 Å². The maximum atomic E-state index is 13.9. The fraction of sp³-hybridized carbons (Fsp3) is 0.125. The van der Waals surface area contributed by atoms with Crippen LogP contribution in [0.2, 0.25) is 0 Å². The number of halogens is 2. The number of carbonyl (C=O) groups is 2. The summed E-state index contributed by atoms with van der Waals surface area (Å²) in [5.41, 5.74) is 0.957. The molecule has 4 nitrogen and oxygen atoms in total. The summed E-state index contributed by atoms with van der Waals surface area (Å²) in [5.74, 6) is -1.68. The van der Waals surface area contributed by atoms with Crippen LogP contribution >= 0.6 is 0 Å². The summed E-state index contributed by atoms with van der Waals surface area (Å²) in [6.45, 7) is 1.71. The lowest BCUT2D eigenvalue weighted by Gasteiger charge is -2.23. The molecule has 3 amide bonds. The lowest BCUT2D eigenvalue weighted by Crippen LogP contribution is -2.43. The van der Waals surface area contributed by atoms with E-state index >= 15 is 0 Å². The normalized spacial score (nSPS) is 21.6. The largest absolute Gasteiger partial charge is 0.322 e. The predicted octanol–water partition coefficient (Wildman–Crippen LogP) is 2.34. The van der Waals surface area contributed by atoms with Gasteiger partial charge in [-0.1, -0.05) is 6.07 Å². The average molecular weight is 300 g/mol. The van der Waals surface area contributed by atoms with Crippen molar-refractivity contribution in [3.8, 4) is 11.1 Å². The van der Waals surface area contributed by atoms with Crippen LogP contribution in [-0.4, -0.2) is 11.9 Å². The van der Waals surface area contributed by atoms with Gasteiger partial charge in [-0.15, -0.1) is 0 Å². The molecule has 2 aromatic rings. The number of aryl methyl sites for hydroxylation is 1. The second kappa shape index (κ2) is 3.91. The van der Waals surface area contributed by atoms with E-state index in [9.17, 15) is 18.4 Å². The maximum Gasteiger partial charge on any atom is 0.322 e. The molecule has 0 radical (unpaired) electrons. The highest BCUT2D eigenvalue weighted by Crippen LogP contribution is 2.50. The van der Waals surface area contributed by atoms with E-state index in [2.05, 4.69) is 10.6 Å². The van der Waals surface area contributed by atoms with E-state index in [4.69, 9.17) is 0 Å². The first kappa shape index (κ1) is 12.9. The fourth-order valence-corrected chi connectivity index (χ4v) is 3.42. The number of amides is 3. The number of imide groups is 1. The first-order valence-corrected chi connectivity index (χ1v) is 6.68. The quantitative estimate of drug-likeness (QED) is 0.734. The van der Waals surface area contributed by atoms with Crippen molar-refractivity contribution in [1.29, 1.82) is 0 Å². The predicted molar refractivity (Wildman–Crippen MR) is 74.0 cm³/mol. The van der Waals surface area contributed by atoms with Gasteiger partial charge in [0.1, 0.15) is 11.6 Å². The number of urea groups is 1. The van der Waals surface area contributed by atoms with Gasteiger partial charge < -0.3 is 5.32 Å². The van der Waals surface area contributed by atoms with Crippen LogP contribution in [0.3, 0.4) is 0 Å². The second-order valence-electron chi connectivity index (χ2n) is 5.49. The third-order valence-corrected chi connectivity index (χ3v) is 4.23. The molecule has 2 aromatic carbocycles. The van der Waals surface area contributed by atoms with Gasteiger partial charge in [-0.2, -0.15) is 0 Å². The molecule has 0 saturated carbocycles. The van der Waals surface area contributed by atoms with Gasteiger partial charge in [0.05, 0.1) is 0 Å². The Hall–Kier alpha value is -2.76. The molecule has 2 N–H and O–H groups in total. The number of hydrogen-bond donors (Lipinski definition) is 2. The van der Waals surface area contributed by atoms with Crippen molar-refractivity contribution >= 4 is 11.9 Å². The van der Waals surface area contributed by atoms with Crippen molar-refractivity contribution in [2.24, 2.45) is 0 Å². The Kier molecular flexibility index (Phi) is 2.30. The minimum Gasteiger partial charge on any atom is -0.316 e.